The number of rotatable bonds is 15. The molecule has 0 unspecified atom stereocenters. The molecule has 188 valence electrons. The standard InChI is InChI=1S/C19H33N5O9/c1-9(2)6-12(19(33)24-13(8-25)18(32)21-7-15(28)29)23-16(30)10(3)22-17(31)11(20)4-5-14(26)27/h9-13,25H,4-8,20H2,1-3H3,(H,21,32)(H,22,31)(H,23,30)(H,24,33)(H,26,27)(H,28,29)/t10-,11-,12-,13-/m0/s1. The minimum absolute atomic E-state index is 0.0659. The largest absolute Gasteiger partial charge is 0.481 e. The Labute approximate surface area is 190 Å². The van der Waals surface area contributed by atoms with Crippen molar-refractivity contribution >= 4 is 35.6 Å². The van der Waals surface area contributed by atoms with Crippen LogP contribution in [0.2, 0.25) is 0 Å². The smallest absolute Gasteiger partial charge is 0.322 e. The van der Waals surface area contributed by atoms with E-state index >= 15 is 0 Å². The molecule has 0 aliphatic heterocycles. The van der Waals surface area contributed by atoms with Crippen LogP contribution in [0, 0.1) is 5.92 Å². The van der Waals surface area contributed by atoms with Crippen LogP contribution in [0.5, 0.6) is 0 Å². The lowest BCUT2D eigenvalue weighted by Gasteiger charge is -2.25. The van der Waals surface area contributed by atoms with Gasteiger partial charge in [0.05, 0.1) is 12.6 Å². The van der Waals surface area contributed by atoms with Gasteiger partial charge in [-0.1, -0.05) is 13.8 Å². The fourth-order valence-electron chi connectivity index (χ4n) is 2.55. The van der Waals surface area contributed by atoms with Gasteiger partial charge in [0.15, 0.2) is 0 Å². The van der Waals surface area contributed by atoms with Crippen LogP contribution < -0.4 is 27.0 Å². The molecule has 14 nitrogen and oxygen atoms in total. The predicted octanol–water partition coefficient (Wildman–Crippen LogP) is -3.11. The van der Waals surface area contributed by atoms with E-state index in [0.717, 1.165) is 0 Å². The van der Waals surface area contributed by atoms with E-state index in [9.17, 15) is 33.9 Å². The number of amides is 4. The highest BCUT2D eigenvalue weighted by Crippen LogP contribution is 2.06. The molecule has 0 saturated heterocycles. The fraction of sp³-hybridized carbons (Fsp3) is 0.684. The lowest BCUT2D eigenvalue weighted by Crippen LogP contribution is -2.58. The lowest BCUT2D eigenvalue weighted by atomic mass is 10.0. The van der Waals surface area contributed by atoms with Gasteiger partial charge >= 0.3 is 11.9 Å². The van der Waals surface area contributed by atoms with Crippen molar-refractivity contribution in [2.24, 2.45) is 11.7 Å². The van der Waals surface area contributed by atoms with Gasteiger partial charge in [-0.05, 0) is 25.7 Å². The van der Waals surface area contributed by atoms with E-state index in [1.54, 1.807) is 13.8 Å². The summed E-state index contributed by atoms with van der Waals surface area (Å²) in [5, 5.41) is 35.7. The molecular formula is C19H33N5O9. The fourth-order valence-corrected chi connectivity index (χ4v) is 2.55. The summed E-state index contributed by atoms with van der Waals surface area (Å²) in [5.74, 6) is -5.68. The number of aliphatic hydroxyl groups is 1. The van der Waals surface area contributed by atoms with Gasteiger partial charge in [0.1, 0.15) is 24.7 Å². The van der Waals surface area contributed by atoms with Crippen LogP contribution >= 0.6 is 0 Å². The summed E-state index contributed by atoms with van der Waals surface area (Å²) >= 11 is 0. The van der Waals surface area contributed by atoms with Crippen molar-refractivity contribution < 1.29 is 44.1 Å². The van der Waals surface area contributed by atoms with Gasteiger partial charge in [-0.3, -0.25) is 28.8 Å². The van der Waals surface area contributed by atoms with E-state index in [-0.39, 0.29) is 25.2 Å². The first-order valence-corrected chi connectivity index (χ1v) is 10.3. The van der Waals surface area contributed by atoms with Crippen molar-refractivity contribution in [1.82, 2.24) is 21.3 Å². The molecule has 0 aliphatic rings. The van der Waals surface area contributed by atoms with Crippen molar-refractivity contribution in [3.63, 3.8) is 0 Å². The molecule has 9 N–H and O–H groups in total. The number of nitrogens with two attached hydrogens (primary N) is 1. The van der Waals surface area contributed by atoms with Crippen molar-refractivity contribution in [3.8, 4) is 0 Å². The number of nitrogens with one attached hydrogen (secondary N) is 4. The molecular weight excluding hydrogens is 442 g/mol. The highest BCUT2D eigenvalue weighted by molar-refractivity contribution is 5.95. The SMILES string of the molecule is CC(C)C[C@H](NC(=O)[C@H](C)NC(=O)[C@@H](N)CCC(=O)O)C(=O)N[C@@H](CO)C(=O)NCC(=O)O. The van der Waals surface area contributed by atoms with Gasteiger partial charge in [0.2, 0.25) is 23.6 Å². The van der Waals surface area contributed by atoms with Crippen LogP contribution in [0.4, 0.5) is 0 Å². The maximum Gasteiger partial charge on any atom is 0.322 e. The van der Waals surface area contributed by atoms with E-state index in [0.29, 0.717) is 0 Å². The molecule has 33 heavy (non-hydrogen) atoms. The number of carboxylic acid groups (broad SMARTS) is 2. The third-order valence-corrected chi connectivity index (χ3v) is 4.33. The van der Waals surface area contributed by atoms with E-state index in [1.807, 2.05) is 5.32 Å². The molecule has 14 heteroatoms. The third-order valence-electron chi connectivity index (χ3n) is 4.33. The summed E-state index contributed by atoms with van der Waals surface area (Å²) in [7, 11) is 0. The zero-order valence-corrected chi connectivity index (χ0v) is 18.8. The molecule has 0 spiro atoms. The summed E-state index contributed by atoms with van der Waals surface area (Å²) in [5.41, 5.74) is 5.60. The molecule has 0 aromatic carbocycles. The van der Waals surface area contributed by atoms with Gasteiger partial charge in [-0.25, -0.2) is 0 Å². The highest BCUT2D eigenvalue weighted by atomic mass is 16.4. The Bertz CT molecular complexity index is 728. The Kier molecular flexibility index (Phi) is 13.3. The van der Waals surface area contributed by atoms with E-state index in [2.05, 4.69) is 16.0 Å². The first-order valence-electron chi connectivity index (χ1n) is 10.3. The monoisotopic (exact) mass is 475 g/mol. The quantitative estimate of drug-likeness (QED) is 0.119. The molecule has 4 atom stereocenters. The van der Waals surface area contributed by atoms with Crippen molar-refractivity contribution in [2.45, 2.75) is 64.2 Å². The summed E-state index contributed by atoms with van der Waals surface area (Å²) in [6.45, 7) is 3.39. The first kappa shape index (κ1) is 29.7. The Morgan fingerprint density at radius 1 is 0.788 bits per heavy atom. The molecule has 0 heterocycles. The van der Waals surface area contributed by atoms with Gasteiger partial charge in [0, 0.05) is 6.42 Å². The number of hydrogen-bond acceptors (Lipinski definition) is 8. The molecule has 0 bridgehead atoms. The van der Waals surface area contributed by atoms with Crippen molar-refractivity contribution in [2.75, 3.05) is 13.2 Å². The predicted molar refractivity (Wildman–Crippen MR) is 113 cm³/mol. The number of carbonyl (C=O) groups is 6. The topological polar surface area (TPSA) is 237 Å². The molecule has 0 aromatic rings. The summed E-state index contributed by atoms with van der Waals surface area (Å²) in [4.78, 5) is 70.2. The summed E-state index contributed by atoms with van der Waals surface area (Å²) < 4.78 is 0. The van der Waals surface area contributed by atoms with Crippen LogP contribution in [-0.4, -0.2) is 88.2 Å². The molecule has 0 fully saturated rings. The van der Waals surface area contributed by atoms with Gasteiger partial charge in [-0.2, -0.15) is 0 Å². The molecule has 0 aliphatic carbocycles. The number of hydrogen-bond donors (Lipinski definition) is 8. The highest BCUT2D eigenvalue weighted by Gasteiger charge is 2.29. The minimum atomic E-state index is -1.44. The Hall–Kier alpha value is -3.26. The lowest BCUT2D eigenvalue weighted by molar-refractivity contribution is -0.139. The Balaban J connectivity index is 5.08. The zero-order chi connectivity index (χ0) is 25.7. The number of aliphatic carboxylic acids is 2. The van der Waals surface area contributed by atoms with Crippen LogP contribution in [0.25, 0.3) is 0 Å². The molecule has 0 radical (unpaired) electrons. The second kappa shape index (κ2) is 14.7. The van der Waals surface area contributed by atoms with E-state index < -0.39 is 72.9 Å². The van der Waals surface area contributed by atoms with Crippen LogP contribution in [0.15, 0.2) is 0 Å². The number of carbonyl (C=O) groups excluding carboxylic acids is 4. The van der Waals surface area contributed by atoms with E-state index in [1.165, 1.54) is 6.92 Å². The average Bonchev–Trinajstić information content (AvgIpc) is 2.72. The molecule has 4 amide bonds. The average molecular weight is 475 g/mol. The molecule has 0 saturated carbocycles. The second-order valence-electron chi connectivity index (χ2n) is 7.82. The van der Waals surface area contributed by atoms with Crippen molar-refractivity contribution in [3.05, 3.63) is 0 Å². The number of carboxylic acids is 2. The van der Waals surface area contributed by atoms with Gasteiger partial charge in [0.25, 0.3) is 0 Å². The zero-order valence-electron chi connectivity index (χ0n) is 18.8. The Morgan fingerprint density at radius 3 is 1.85 bits per heavy atom. The normalized spacial score (nSPS) is 14.4. The van der Waals surface area contributed by atoms with Gasteiger partial charge < -0.3 is 42.3 Å². The first-order chi connectivity index (χ1) is 15.3. The second-order valence-corrected chi connectivity index (χ2v) is 7.82. The van der Waals surface area contributed by atoms with Crippen LogP contribution in [0.3, 0.4) is 0 Å². The van der Waals surface area contributed by atoms with E-state index in [4.69, 9.17) is 15.9 Å². The maximum absolute atomic E-state index is 12.6. The number of aliphatic hydroxyl groups excluding tert-OH is 1. The van der Waals surface area contributed by atoms with Crippen LogP contribution in [-0.2, 0) is 28.8 Å². The molecule has 0 rings (SSSR count). The Morgan fingerprint density at radius 2 is 1.36 bits per heavy atom. The maximum atomic E-state index is 12.6. The molecule has 0 aromatic heterocycles. The third kappa shape index (κ3) is 12.4. The van der Waals surface area contributed by atoms with Crippen molar-refractivity contribution in [1.29, 1.82) is 0 Å². The summed E-state index contributed by atoms with van der Waals surface area (Å²) in [6, 6.07) is -4.81. The van der Waals surface area contributed by atoms with Crippen LogP contribution in [0.1, 0.15) is 40.0 Å². The summed E-state index contributed by atoms with van der Waals surface area (Å²) in [6.07, 6.45) is -0.288. The van der Waals surface area contributed by atoms with Gasteiger partial charge in [-0.15, -0.1) is 0 Å². The minimum Gasteiger partial charge on any atom is -0.481 e.